The van der Waals surface area contributed by atoms with E-state index >= 15 is 19.2 Å². The van der Waals surface area contributed by atoms with Gasteiger partial charge in [0.2, 0.25) is 0 Å². The maximum Gasteiger partial charge on any atom is 0.266 e. The Labute approximate surface area is 483 Å². The largest absolute Gasteiger partial charge is 0.457 e. The number of benzene rings is 10. The van der Waals surface area contributed by atoms with Gasteiger partial charge in [-0.2, -0.15) is 0 Å². The van der Waals surface area contributed by atoms with Gasteiger partial charge >= 0.3 is 0 Å². The van der Waals surface area contributed by atoms with Crippen molar-refractivity contribution < 1.29 is 38.1 Å². The molecule has 0 aromatic heterocycles. The van der Waals surface area contributed by atoms with E-state index < -0.39 is 23.6 Å². The van der Waals surface area contributed by atoms with Gasteiger partial charge in [0.1, 0.15) is 46.0 Å². The molecule has 0 radical (unpaired) electrons. The highest BCUT2D eigenvalue weighted by molar-refractivity contribution is 6.48. The lowest BCUT2D eigenvalue weighted by atomic mass is 9.80. The van der Waals surface area contributed by atoms with E-state index in [0.717, 1.165) is 22.3 Å². The molecule has 83 heavy (non-hydrogen) atoms. The average molecular weight is 1100 g/mol. The van der Waals surface area contributed by atoms with Crippen LogP contribution >= 0.6 is 0 Å². The fourth-order valence-corrected chi connectivity index (χ4v) is 12.3. The molecule has 0 fully saturated rings. The molecule has 0 unspecified atom stereocenters. The van der Waals surface area contributed by atoms with Gasteiger partial charge in [-0.05, 0) is 132 Å². The number of imide groups is 2. The second kappa shape index (κ2) is 21.4. The highest BCUT2D eigenvalue weighted by Gasteiger charge is 2.44. The minimum Gasteiger partial charge on any atom is -0.457 e. The third kappa shape index (κ3) is 8.95. The van der Waals surface area contributed by atoms with E-state index in [0.29, 0.717) is 83.9 Å². The number of rotatable bonds is 16. The third-order valence-electron chi connectivity index (χ3n) is 15.9. The lowest BCUT2D eigenvalue weighted by Gasteiger charge is -2.35. The average Bonchev–Trinajstić information content (AvgIpc) is 1.08. The fourth-order valence-electron chi connectivity index (χ4n) is 12.3. The number of amides is 4. The highest BCUT2D eigenvalue weighted by Crippen LogP contribution is 2.58. The van der Waals surface area contributed by atoms with Crippen LogP contribution in [0.15, 0.2) is 176 Å². The summed E-state index contributed by atoms with van der Waals surface area (Å²) in [5.74, 6) is 0.559. The zero-order valence-corrected chi connectivity index (χ0v) is 48.3. The molecule has 0 saturated heterocycles. The Morgan fingerprint density at radius 3 is 0.988 bits per heavy atom. The molecule has 414 valence electrons. The normalized spacial score (nSPS) is 13.7. The summed E-state index contributed by atoms with van der Waals surface area (Å²) in [6, 6.07) is 46.8. The van der Waals surface area contributed by atoms with Crippen molar-refractivity contribution in [2.75, 3.05) is 9.80 Å². The van der Waals surface area contributed by atoms with Crippen LogP contribution in [0, 0.1) is 0 Å². The number of hydrogen-bond donors (Lipinski definition) is 0. The number of carbonyl (C=O) groups is 4. The number of para-hydroxylation sites is 5. The molecule has 0 aliphatic carbocycles. The molecule has 0 spiro atoms. The number of allylic oxidation sites excluding steroid dienone is 3. The van der Waals surface area contributed by atoms with Gasteiger partial charge in [-0.15, -0.1) is 0 Å². The van der Waals surface area contributed by atoms with Gasteiger partial charge in [-0.3, -0.25) is 19.2 Å². The van der Waals surface area contributed by atoms with Gasteiger partial charge in [-0.25, -0.2) is 9.80 Å². The molecule has 0 saturated carbocycles. The SMILES string of the molecule is CC=CC(=CCC)Oc1cc2c3c(cc(Oc4ccccc4)c4c5c(Oc6ccccc6)cc6c7c(cc(Oc8ccccc8)c(c1c34)c75)C(=O)N(c1c(C(C)C)cccc1C(C)C)C6=O)C(=O)N(c1c(C(C)C)cccc1C(C)C)C2=O. The summed E-state index contributed by atoms with van der Waals surface area (Å²) in [5, 5.41) is 3.44. The molecule has 0 atom stereocenters. The van der Waals surface area contributed by atoms with E-state index in [2.05, 4.69) is 55.4 Å². The molecular weight excluding hydrogens is 1030 g/mol. The summed E-state index contributed by atoms with van der Waals surface area (Å²) in [7, 11) is 0. The van der Waals surface area contributed by atoms with E-state index in [1.54, 1.807) is 24.3 Å². The first kappa shape index (κ1) is 54.1. The van der Waals surface area contributed by atoms with Crippen molar-refractivity contribution >= 4 is 78.1 Å². The van der Waals surface area contributed by atoms with Gasteiger partial charge in [0.05, 0.1) is 33.6 Å². The number of carbonyl (C=O) groups excluding carboxylic acids is 4. The van der Waals surface area contributed by atoms with Crippen LogP contribution in [0.25, 0.3) is 43.1 Å². The quantitative estimate of drug-likeness (QED) is 0.0309. The van der Waals surface area contributed by atoms with Crippen LogP contribution in [0.2, 0.25) is 0 Å². The first-order chi connectivity index (χ1) is 40.1. The maximum absolute atomic E-state index is 16.2. The van der Waals surface area contributed by atoms with Crippen LogP contribution in [-0.4, -0.2) is 23.6 Å². The summed E-state index contributed by atoms with van der Waals surface area (Å²) in [6.07, 6.45) is 6.32. The van der Waals surface area contributed by atoms with Crippen LogP contribution in [0.1, 0.15) is 163 Å². The van der Waals surface area contributed by atoms with E-state index in [1.807, 2.05) is 159 Å². The second-order valence-electron chi connectivity index (χ2n) is 22.6. The van der Waals surface area contributed by atoms with E-state index in [1.165, 1.54) is 9.80 Å². The lowest BCUT2D eigenvalue weighted by Crippen LogP contribution is -2.42. The number of ether oxygens (including phenoxy) is 4. The van der Waals surface area contributed by atoms with E-state index in [4.69, 9.17) is 18.9 Å². The van der Waals surface area contributed by atoms with E-state index in [9.17, 15) is 0 Å². The van der Waals surface area contributed by atoms with Crippen molar-refractivity contribution in [1.82, 2.24) is 0 Å². The zero-order chi connectivity index (χ0) is 58.1. The molecule has 10 heteroatoms. The number of anilines is 2. The van der Waals surface area contributed by atoms with Gasteiger partial charge < -0.3 is 18.9 Å². The predicted molar refractivity (Wildman–Crippen MR) is 333 cm³/mol. The van der Waals surface area contributed by atoms with Gasteiger partial charge in [0, 0.05) is 43.1 Å². The monoisotopic (exact) mass is 1100 g/mol. The van der Waals surface area contributed by atoms with Crippen LogP contribution < -0.4 is 28.7 Å². The molecule has 10 aromatic rings. The molecule has 4 amide bonds. The number of hydrogen-bond acceptors (Lipinski definition) is 8. The molecule has 0 bridgehead atoms. The molecule has 10 aromatic carbocycles. The fraction of sp³-hybridized carbons (Fsp3) is 0.205. The van der Waals surface area contributed by atoms with Crippen LogP contribution in [-0.2, 0) is 0 Å². The minimum absolute atomic E-state index is 0.0580. The Hall–Kier alpha value is -9.54. The second-order valence-corrected chi connectivity index (χ2v) is 22.6. The highest BCUT2D eigenvalue weighted by atomic mass is 16.5. The van der Waals surface area contributed by atoms with Crippen LogP contribution in [0.5, 0.6) is 40.2 Å². The predicted octanol–water partition coefficient (Wildman–Crippen LogP) is 19.5. The van der Waals surface area contributed by atoms with Crippen molar-refractivity contribution in [1.29, 1.82) is 0 Å². The Morgan fingerprint density at radius 1 is 0.398 bits per heavy atom. The first-order valence-electron chi connectivity index (χ1n) is 28.7. The third-order valence-corrected chi connectivity index (χ3v) is 15.9. The Morgan fingerprint density at radius 2 is 0.699 bits per heavy atom. The molecular formula is C73H64N2O8. The molecule has 2 aliphatic rings. The van der Waals surface area contributed by atoms with Gasteiger partial charge in [0.25, 0.3) is 23.6 Å². The summed E-state index contributed by atoms with van der Waals surface area (Å²) < 4.78 is 28.7. The van der Waals surface area contributed by atoms with Gasteiger partial charge in [0.15, 0.2) is 0 Å². The van der Waals surface area contributed by atoms with Gasteiger partial charge in [-0.1, -0.05) is 159 Å². The van der Waals surface area contributed by atoms with Crippen molar-refractivity contribution in [3.05, 3.63) is 220 Å². The topological polar surface area (TPSA) is 112 Å². The molecule has 0 N–H and O–H groups in total. The summed E-state index contributed by atoms with van der Waals surface area (Å²) in [5.41, 5.74) is 5.36. The molecule has 2 aliphatic heterocycles. The smallest absolute Gasteiger partial charge is 0.266 e. The van der Waals surface area contributed by atoms with Crippen molar-refractivity contribution in [2.45, 2.75) is 99.3 Å². The van der Waals surface area contributed by atoms with Crippen LogP contribution in [0.3, 0.4) is 0 Å². The Bertz CT molecular complexity index is 4270. The molecule has 12 rings (SSSR count). The lowest BCUT2D eigenvalue weighted by molar-refractivity contribution is 0.0877. The Balaban J connectivity index is 1.33. The van der Waals surface area contributed by atoms with Crippen molar-refractivity contribution in [2.24, 2.45) is 0 Å². The van der Waals surface area contributed by atoms with Crippen molar-refractivity contribution in [3.63, 3.8) is 0 Å². The summed E-state index contributed by atoms with van der Waals surface area (Å²) in [6.45, 7) is 20.4. The Kier molecular flexibility index (Phi) is 13.9. The minimum atomic E-state index is -0.530. The first-order valence-corrected chi connectivity index (χ1v) is 28.7. The summed E-state index contributed by atoms with van der Waals surface area (Å²) >= 11 is 0. The maximum atomic E-state index is 16.2. The van der Waals surface area contributed by atoms with Crippen molar-refractivity contribution in [3.8, 4) is 40.2 Å². The molecule has 10 nitrogen and oxygen atoms in total. The number of nitrogens with zero attached hydrogens (tertiary/aromatic N) is 2. The number of fused-ring (bicyclic) bond motifs is 2. The zero-order valence-electron chi connectivity index (χ0n) is 48.3. The van der Waals surface area contributed by atoms with Crippen LogP contribution in [0.4, 0.5) is 11.4 Å². The summed E-state index contributed by atoms with van der Waals surface area (Å²) in [4.78, 5) is 67.3. The molecule has 2 heterocycles. The standard InChI is InChI=1S/C73H64N2O8/c1-11-24-44(25-12-2)80-56-36-52-60-53(71(77)74(70(52)76)68-48(40(3)4)32-22-33-49(68)41(5)6)38-58(82-46-28-18-14-19-29-46)64-65-59(83-47-30-20-15-21-31-47)39-55-61-54(37-57(81-45-26-16-13-17-27-45)63(67(61)65)62(56)66(60)64)72(78)75(73(55)79)69-50(42(7)8)34-23-35-51(69)43(9)10/h11,13-43H,12H2,1-10H3. The van der Waals surface area contributed by atoms with E-state index in [-0.39, 0.29) is 68.9 Å².